The lowest BCUT2D eigenvalue weighted by molar-refractivity contribution is 0.0956. The van der Waals surface area contributed by atoms with Gasteiger partial charge >= 0.3 is 6.03 Å². The summed E-state index contributed by atoms with van der Waals surface area (Å²) in [5.41, 5.74) is 1.22. The van der Waals surface area contributed by atoms with Gasteiger partial charge in [0.05, 0.1) is 10.5 Å². The third-order valence-corrected chi connectivity index (χ3v) is 8.65. The minimum absolute atomic E-state index is 0.0790. The van der Waals surface area contributed by atoms with E-state index in [2.05, 4.69) is 15.5 Å². The highest BCUT2D eigenvalue weighted by Crippen LogP contribution is 2.37. The molecule has 198 valence electrons. The molecular weight excluding hydrogens is 518 g/mol. The van der Waals surface area contributed by atoms with Crippen LogP contribution in [0.5, 0.6) is 0 Å². The Kier molecular flexibility index (Phi) is 8.91. The number of hydrogen-bond acceptors (Lipinski definition) is 9. The number of thiophene rings is 1. The Hall–Kier alpha value is -3.46. The monoisotopic (exact) mass is 547 g/mol. The van der Waals surface area contributed by atoms with Crippen molar-refractivity contribution in [3.05, 3.63) is 45.8 Å². The van der Waals surface area contributed by atoms with E-state index in [0.29, 0.717) is 18.0 Å². The van der Waals surface area contributed by atoms with Crippen LogP contribution in [-0.2, 0) is 23.0 Å². The molecular formula is C23H29N7O5S2. The molecule has 0 atom stereocenters. The Labute approximate surface area is 219 Å². The SMILES string of the molecule is CN1CCc2c(sc(NC(=O)c3ccc(S(=O)(=O)N(CC=N)CC=N)cc3)c2C(=O)NC(=O)N(C)C)C1. The summed E-state index contributed by atoms with van der Waals surface area (Å²) in [5, 5.41) is 19.8. The van der Waals surface area contributed by atoms with Crippen molar-refractivity contribution in [3.63, 3.8) is 0 Å². The average molecular weight is 548 g/mol. The summed E-state index contributed by atoms with van der Waals surface area (Å²) in [7, 11) is 1.03. The first-order valence-electron chi connectivity index (χ1n) is 11.2. The maximum absolute atomic E-state index is 13.1. The molecule has 0 saturated heterocycles. The lowest BCUT2D eigenvalue weighted by Crippen LogP contribution is -2.39. The van der Waals surface area contributed by atoms with Crippen molar-refractivity contribution in [3.8, 4) is 0 Å². The molecule has 1 aromatic heterocycles. The van der Waals surface area contributed by atoms with E-state index in [9.17, 15) is 22.8 Å². The number of benzene rings is 1. The molecule has 1 aromatic carbocycles. The van der Waals surface area contributed by atoms with Crippen LogP contribution in [0.2, 0.25) is 0 Å². The summed E-state index contributed by atoms with van der Waals surface area (Å²) in [6.45, 7) is 0.965. The summed E-state index contributed by atoms with van der Waals surface area (Å²) in [4.78, 5) is 42.3. The van der Waals surface area contributed by atoms with Gasteiger partial charge in [-0.05, 0) is 43.3 Å². The van der Waals surface area contributed by atoms with Crippen LogP contribution in [-0.4, -0.2) is 93.6 Å². The van der Waals surface area contributed by atoms with Crippen LogP contribution in [0.1, 0.15) is 31.2 Å². The van der Waals surface area contributed by atoms with E-state index >= 15 is 0 Å². The van der Waals surface area contributed by atoms with E-state index in [4.69, 9.17) is 10.8 Å². The van der Waals surface area contributed by atoms with E-state index in [0.717, 1.165) is 33.7 Å². The Balaban J connectivity index is 1.88. The predicted octanol–water partition coefficient (Wildman–Crippen LogP) is 1.69. The number of sulfonamides is 1. The fourth-order valence-corrected chi connectivity index (χ4v) is 6.35. The van der Waals surface area contributed by atoms with Crippen LogP contribution < -0.4 is 10.6 Å². The summed E-state index contributed by atoms with van der Waals surface area (Å²) in [6, 6.07) is 4.69. The highest BCUT2D eigenvalue weighted by molar-refractivity contribution is 7.89. The quantitative estimate of drug-likeness (QED) is 0.349. The zero-order chi connectivity index (χ0) is 27.3. The zero-order valence-electron chi connectivity index (χ0n) is 20.7. The van der Waals surface area contributed by atoms with Crippen molar-refractivity contribution < 1.29 is 22.8 Å². The van der Waals surface area contributed by atoms with Crippen molar-refractivity contribution >= 4 is 56.6 Å². The second kappa shape index (κ2) is 11.7. The number of amides is 4. The standard InChI is InChI=1S/C23H29N7O5S2/c1-28(2)23(33)27-21(32)19-17-8-11-29(3)14-18(17)36-22(19)26-20(31)15-4-6-16(7-5-15)37(34,35)30(12-9-24)13-10-25/h4-7,9-10,24-25H,8,11-14H2,1-3H3,(H,26,31)(H,27,32,33). The molecule has 37 heavy (non-hydrogen) atoms. The molecule has 0 aliphatic carbocycles. The maximum Gasteiger partial charge on any atom is 0.323 e. The van der Waals surface area contributed by atoms with Gasteiger partial charge in [-0.15, -0.1) is 11.3 Å². The van der Waals surface area contributed by atoms with Crippen LogP contribution in [0, 0.1) is 10.8 Å². The molecule has 1 aliphatic rings. The molecule has 12 nitrogen and oxygen atoms in total. The molecule has 0 spiro atoms. The van der Waals surface area contributed by atoms with Gasteiger partial charge in [-0.3, -0.25) is 14.9 Å². The topological polar surface area (TPSA) is 167 Å². The van der Waals surface area contributed by atoms with Gasteiger partial charge in [0.25, 0.3) is 11.8 Å². The number of urea groups is 1. The fourth-order valence-electron chi connectivity index (χ4n) is 3.71. The lowest BCUT2D eigenvalue weighted by atomic mass is 10.0. The number of anilines is 1. The first-order chi connectivity index (χ1) is 17.5. The summed E-state index contributed by atoms with van der Waals surface area (Å²) >= 11 is 1.27. The van der Waals surface area contributed by atoms with E-state index in [-0.39, 0.29) is 29.1 Å². The molecule has 4 amide bonds. The zero-order valence-corrected chi connectivity index (χ0v) is 22.3. The van der Waals surface area contributed by atoms with Gasteiger partial charge in [-0.25, -0.2) is 13.2 Å². The third kappa shape index (κ3) is 6.28. The highest BCUT2D eigenvalue weighted by Gasteiger charge is 2.29. The number of likely N-dealkylation sites (N-methyl/N-ethyl adjacent to an activating group) is 1. The molecule has 1 aliphatic heterocycles. The number of nitrogens with zero attached hydrogens (tertiary/aromatic N) is 3. The number of imide groups is 1. The lowest BCUT2D eigenvalue weighted by Gasteiger charge is -2.22. The summed E-state index contributed by atoms with van der Waals surface area (Å²) < 4.78 is 26.6. The van der Waals surface area contributed by atoms with Crippen LogP contribution in [0.4, 0.5) is 9.80 Å². The van der Waals surface area contributed by atoms with Gasteiger partial charge in [-0.1, -0.05) is 0 Å². The Morgan fingerprint density at radius 2 is 1.70 bits per heavy atom. The number of hydrogen-bond donors (Lipinski definition) is 4. The number of fused-ring (bicyclic) bond motifs is 1. The van der Waals surface area contributed by atoms with Crippen molar-refractivity contribution in [2.24, 2.45) is 0 Å². The third-order valence-electron chi connectivity index (χ3n) is 5.67. The van der Waals surface area contributed by atoms with E-state index in [1.807, 2.05) is 7.05 Å². The number of nitrogens with one attached hydrogen (secondary N) is 4. The molecule has 4 N–H and O–H groups in total. The van der Waals surface area contributed by atoms with Crippen molar-refractivity contribution in [1.29, 1.82) is 10.8 Å². The fraction of sp³-hybridized carbons (Fsp3) is 0.348. The predicted molar refractivity (Wildman–Crippen MR) is 142 cm³/mol. The highest BCUT2D eigenvalue weighted by atomic mass is 32.2. The minimum atomic E-state index is -3.96. The van der Waals surface area contributed by atoms with Crippen molar-refractivity contribution in [1.82, 2.24) is 19.4 Å². The smallest absolute Gasteiger partial charge is 0.323 e. The average Bonchev–Trinajstić information content (AvgIpc) is 3.20. The second-order valence-corrected chi connectivity index (χ2v) is 11.6. The van der Waals surface area contributed by atoms with E-state index in [1.165, 1.54) is 54.6 Å². The molecule has 0 radical (unpaired) electrons. The number of rotatable bonds is 9. The molecule has 3 rings (SSSR count). The van der Waals surface area contributed by atoms with Gasteiger partial charge in [0.1, 0.15) is 5.00 Å². The maximum atomic E-state index is 13.1. The first-order valence-corrected chi connectivity index (χ1v) is 13.5. The summed E-state index contributed by atoms with van der Waals surface area (Å²) in [5.74, 6) is -1.14. The van der Waals surface area contributed by atoms with Gasteiger partial charge < -0.3 is 25.9 Å². The Bertz CT molecular complexity index is 1310. The van der Waals surface area contributed by atoms with Crippen LogP contribution in [0.3, 0.4) is 0 Å². The van der Waals surface area contributed by atoms with Crippen LogP contribution in [0.15, 0.2) is 29.2 Å². The number of carbonyl (C=O) groups excluding carboxylic acids is 3. The van der Waals surface area contributed by atoms with Crippen LogP contribution in [0.25, 0.3) is 0 Å². The second-order valence-electron chi connectivity index (χ2n) is 8.56. The van der Waals surface area contributed by atoms with E-state index in [1.54, 1.807) is 0 Å². The van der Waals surface area contributed by atoms with Crippen LogP contribution >= 0.6 is 11.3 Å². The molecule has 0 bridgehead atoms. The van der Waals surface area contributed by atoms with Gasteiger partial charge in [0, 0.05) is 63.1 Å². The van der Waals surface area contributed by atoms with Crippen molar-refractivity contribution in [2.75, 3.05) is 46.1 Å². The molecule has 14 heteroatoms. The molecule has 0 fully saturated rings. The normalized spacial score (nSPS) is 13.5. The van der Waals surface area contributed by atoms with Gasteiger partial charge in [-0.2, -0.15) is 4.31 Å². The minimum Gasteiger partial charge on any atom is -0.331 e. The van der Waals surface area contributed by atoms with Crippen molar-refractivity contribution in [2.45, 2.75) is 17.9 Å². The Morgan fingerprint density at radius 1 is 1.08 bits per heavy atom. The summed E-state index contributed by atoms with van der Waals surface area (Å²) in [6.07, 6.45) is 2.45. The largest absolute Gasteiger partial charge is 0.331 e. The molecule has 2 heterocycles. The first kappa shape index (κ1) is 28.1. The van der Waals surface area contributed by atoms with E-state index < -0.39 is 27.9 Å². The van der Waals surface area contributed by atoms with Gasteiger partial charge in [0.2, 0.25) is 10.0 Å². The van der Waals surface area contributed by atoms with Gasteiger partial charge in [0.15, 0.2) is 0 Å². The molecule has 2 aromatic rings. The molecule has 0 saturated carbocycles. The molecule has 0 unspecified atom stereocenters. The Morgan fingerprint density at radius 3 is 2.27 bits per heavy atom. The number of carbonyl (C=O) groups is 3.